The smallest absolute Gasteiger partial charge is 0.226 e. The van der Waals surface area contributed by atoms with E-state index in [0.29, 0.717) is 5.88 Å². The third-order valence-corrected chi connectivity index (χ3v) is 1.34. The molecular formula is C8H7NO3. The van der Waals surface area contributed by atoms with Crippen LogP contribution < -0.4 is 4.74 Å². The lowest BCUT2D eigenvalue weighted by molar-refractivity contribution is -0.104. The van der Waals surface area contributed by atoms with Gasteiger partial charge in [-0.3, -0.25) is 9.59 Å². The van der Waals surface area contributed by atoms with Gasteiger partial charge < -0.3 is 4.74 Å². The average molecular weight is 165 g/mol. The summed E-state index contributed by atoms with van der Waals surface area (Å²) in [5.74, 6) is -0.164. The SMILES string of the molecule is COc1ccc(C(=O)C=O)cn1. The lowest BCUT2D eigenvalue weighted by Crippen LogP contribution is -2.00. The Bertz CT molecular complexity index is 292. The van der Waals surface area contributed by atoms with Gasteiger partial charge in [0.05, 0.1) is 7.11 Å². The van der Waals surface area contributed by atoms with Crippen LogP contribution in [-0.4, -0.2) is 24.2 Å². The summed E-state index contributed by atoms with van der Waals surface area (Å²) in [5, 5.41) is 0. The highest BCUT2D eigenvalue weighted by Crippen LogP contribution is 2.06. The number of carbonyl (C=O) groups excluding carboxylic acids is 2. The van der Waals surface area contributed by atoms with E-state index in [2.05, 4.69) is 4.98 Å². The molecular weight excluding hydrogens is 158 g/mol. The normalized spacial score (nSPS) is 9.08. The van der Waals surface area contributed by atoms with E-state index in [1.54, 1.807) is 0 Å². The van der Waals surface area contributed by atoms with Gasteiger partial charge in [-0.1, -0.05) is 0 Å². The lowest BCUT2D eigenvalue weighted by atomic mass is 10.2. The Labute approximate surface area is 69.2 Å². The fraction of sp³-hybridized carbons (Fsp3) is 0.125. The van der Waals surface area contributed by atoms with E-state index in [1.165, 1.54) is 25.4 Å². The third-order valence-electron chi connectivity index (χ3n) is 1.34. The molecule has 0 saturated heterocycles. The van der Waals surface area contributed by atoms with Crippen LogP contribution in [0.15, 0.2) is 18.3 Å². The van der Waals surface area contributed by atoms with E-state index in [0.717, 1.165) is 0 Å². The third kappa shape index (κ3) is 1.66. The van der Waals surface area contributed by atoms with Gasteiger partial charge >= 0.3 is 0 Å². The van der Waals surface area contributed by atoms with Crippen LogP contribution >= 0.6 is 0 Å². The number of methoxy groups -OCH3 is 1. The predicted octanol–water partition coefficient (Wildman–Crippen LogP) is 0.472. The monoisotopic (exact) mass is 165 g/mol. The summed E-state index contributed by atoms with van der Waals surface area (Å²) in [4.78, 5) is 24.6. The Morgan fingerprint density at radius 2 is 2.33 bits per heavy atom. The fourth-order valence-electron chi connectivity index (χ4n) is 0.715. The van der Waals surface area contributed by atoms with Crippen LogP contribution in [0, 0.1) is 0 Å². The second kappa shape index (κ2) is 3.61. The summed E-state index contributed by atoms with van der Waals surface area (Å²) in [6.07, 6.45) is 1.55. The van der Waals surface area contributed by atoms with Crippen molar-refractivity contribution in [3.05, 3.63) is 23.9 Å². The van der Waals surface area contributed by atoms with Crippen molar-refractivity contribution in [2.45, 2.75) is 0 Å². The highest BCUT2D eigenvalue weighted by molar-refractivity contribution is 6.33. The maximum Gasteiger partial charge on any atom is 0.226 e. The van der Waals surface area contributed by atoms with E-state index in [4.69, 9.17) is 4.74 Å². The Balaban J connectivity index is 2.91. The number of ether oxygens (including phenoxy) is 1. The average Bonchev–Trinajstić information content (AvgIpc) is 2.17. The van der Waals surface area contributed by atoms with Gasteiger partial charge in [0.25, 0.3) is 0 Å². The largest absolute Gasteiger partial charge is 0.481 e. The van der Waals surface area contributed by atoms with Gasteiger partial charge in [-0.15, -0.1) is 0 Å². The number of aromatic nitrogens is 1. The first kappa shape index (κ1) is 8.39. The molecule has 4 heteroatoms. The number of rotatable bonds is 3. The van der Waals surface area contributed by atoms with Crippen molar-refractivity contribution in [2.75, 3.05) is 7.11 Å². The predicted molar refractivity (Wildman–Crippen MR) is 41.2 cm³/mol. The van der Waals surface area contributed by atoms with Crippen LogP contribution in [0.25, 0.3) is 0 Å². The quantitative estimate of drug-likeness (QED) is 0.371. The summed E-state index contributed by atoms with van der Waals surface area (Å²) in [6.45, 7) is 0. The first-order chi connectivity index (χ1) is 5.77. The van der Waals surface area contributed by atoms with Gasteiger partial charge in [-0.2, -0.15) is 0 Å². The number of aldehydes is 1. The maximum absolute atomic E-state index is 10.8. The summed E-state index contributed by atoms with van der Waals surface area (Å²) < 4.78 is 4.77. The van der Waals surface area contributed by atoms with E-state index < -0.39 is 5.78 Å². The molecule has 0 aliphatic rings. The lowest BCUT2D eigenvalue weighted by Gasteiger charge is -1.97. The van der Waals surface area contributed by atoms with E-state index in [1.807, 2.05) is 0 Å². The molecule has 0 bridgehead atoms. The minimum Gasteiger partial charge on any atom is -0.481 e. The van der Waals surface area contributed by atoms with Crippen LogP contribution in [0.3, 0.4) is 0 Å². The van der Waals surface area contributed by atoms with Crippen molar-refractivity contribution in [2.24, 2.45) is 0 Å². The number of Topliss-reactive ketones (excluding diaryl/α,β-unsaturated/α-hetero) is 1. The van der Waals surface area contributed by atoms with Crippen LogP contribution in [0.5, 0.6) is 5.88 Å². The van der Waals surface area contributed by atoms with Gasteiger partial charge in [0, 0.05) is 17.8 Å². The molecule has 0 amide bonds. The van der Waals surface area contributed by atoms with Gasteiger partial charge in [0.1, 0.15) is 0 Å². The Morgan fingerprint density at radius 3 is 2.75 bits per heavy atom. The summed E-state index contributed by atoms with van der Waals surface area (Å²) >= 11 is 0. The Kier molecular flexibility index (Phi) is 2.53. The molecule has 1 rings (SSSR count). The van der Waals surface area contributed by atoms with E-state index >= 15 is 0 Å². The van der Waals surface area contributed by atoms with Crippen LogP contribution in [0.2, 0.25) is 0 Å². The molecule has 0 radical (unpaired) electrons. The zero-order chi connectivity index (χ0) is 8.97. The molecule has 0 spiro atoms. The van der Waals surface area contributed by atoms with Gasteiger partial charge in [-0.05, 0) is 6.07 Å². The molecule has 0 N–H and O–H groups in total. The molecule has 0 atom stereocenters. The molecule has 0 aromatic carbocycles. The van der Waals surface area contributed by atoms with Gasteiger partial charge in [0.2, 0.25) is 11.7 Å². The van der Waals surface area contributed by atoms with E-state index in [9.17, 15) is 9.59 Å². The molecule has 0 unspecified atom stereocenters. The second-order valence-electron chi connectivity index (χ2n) is 2.07. The van der Waals surface area contributed by atoms with Crippen molar-refractivity contribution in [1.29, 1.82) is 0 Å². The molecule has 1 aromatic heterocycles. The first-order valence-electron chi connectivity index (χ1n) is 3.27. The van der Waals surface area contributed by atoms with Gasteiger partial charge in [-0.25, -0.2) is 4.98 Å². The highest BCUT2D eigenvalue weighted by Gasteiger charge is 2.03. The molecule has 0 aliphatic heterocycles. The number of hydrogen-bond donors (Lipinski definition) is 0. The number of carbonyl (C=O) groups is 2. The zero-order valence-corrected chi connectivity index (χ0v) is 6.48. The van der Waals surface area contributed by atoms with E-state index in [-0.39, 0.29) is 11.8 Å². The molecule has 12 heavy (non-hydrogen) atoms. The van der Waals surface area contributed by atoms with Crippen molar-refractivity contribution < 1.29 is 14.3 Å². The first-order valence-corrected chi connectivity index (χ1v) is 3.27. The molecule has 0 saturated carbocycles. The number of hydrogen-bond acceptors (Lipinski definition) is 4. The minimum absolute atomic E-state index is 0.253. The number of ketones is 1. The summed E-state index contributed by atoms with van der Waals surface area (Å²) in [7, 11) is 1.48. The molecule has 1 aromatic rings. The molecule has 0 aliphatic carbocycles. The fourth-order valence-corrected chi connectivity index (χ4v) is 0.715. The van der Waals surface area contributed by atoms with Gasteiger partial charge in [0.15, 0.2) is 6.29 Å². The molecule has 0 fully saturated rings. The van der Waals surface area contributed by atoms with Crippen molar-refractivity contribution in [3.63, 3.8) is 0 Å². The number of nitrogens with zero attached hydrogens (tertiary/aromatic N) is 1. The second-order valence-corrected chi connectivity index (χ2v) is 2.07. The Morgan fingerprint density at radius 1 is 1.58 bits per heavy atom. The molecule has 4 nitrogen and oxygen atoms in total. The van der Waals surface area contributed by atoms with Crippen molar-refractivity contribution >= 4 is 12.1 Å². The number of pyridine rings is 1. The minimum atomic E-state index is -0.579. The van der Waals surface area contributed by atoms with Crippen LogP contribution in [0.4, 0.5) is 0 Å². The standard InChI is InChI=1S/C8H7NO3/c1-12-8-3-2-6(4-9-8)7(11)5-10/h2-5H,1H3. The summed E-state index contributed by atoms with van der Waals surface area (Å²) in [6, 6.07) is 3.01. The van der Waals surface area contributed by atoms with Crippen LogP contribution in [-0.2, 0) is 4.79 Å². The maximum atomic E-state index is 10.8. The van der Waals surface area contributed by atoms with Crippen molar-refractivity contribution in [1.82, 2.24) is 4.98 Å². The Hall–Kier alpha value is -1.71. The zero-order valence-electron chi connectivity index (χ0n) is 6.48. The van der Waals surface area contributed by atoms with Crippen molar-refractivity contribution in [3.8, 4) is 5.88 Å². The molecule has 62 valence electrons. The highest BCUT2D eigenvalue weighted by atomic mass is 16.5. The molecule has 1 heterocycles. The topological polar surface area (TPSA) is 56.3 Å². The summed E-state index contributed by atoms with van der Waals surface area (Å²) in [5.41, 5.74) is 0.269. The van der Waals surface area contributed by atoms with Crippen LogP contribution in [0.1, 0.15) is 10.4 Å².